The van der Waals surface area contributed by atoms with Gasteiger partial charge in [-0.1, -0.05) is 6.58 Å². The summed E-state index contributed by atoms with van der Waals surface area (Å²) in [6.45, 7) is 5.05. The van der Waals surface area contributed by atoms with Gasteiger partial charge >= 0.3 is 0 Å². The molecule has 3 rings (SSSR count). The van der Waals surface area contributed by atoms with Gasteiger partial charge in [0.05, 0.1) is 35.8 Å². The third kappa shape index (κ3) is 6.90. The van der Waals surface area contributed by atoms with E-state index >= 15 is 0 Å². The van der Waals surface area contributed by atoms with Crippen molar-refractivity contribution < 1.29 is 14.3 Å². The van der Waals surface area contributed by atoms with Crippen LogP contribution in [0.3, 0.4) is 0 Å². The highest BCUT2D eigenvalue weighted by Crippen LogP contribution is 2.37. The number of methoxy groups -OCH3 is 1. The second-order valence-electron chi connectivity index (χ2n) is 8.40. The normalized spacial score (nSPS) is 10.4. The van der Waals surface area contributed by atoms with Gasteiger partial charge in [-0.15, -0.1) is 0 Å². The molecule has 0 aliphatic carbocycles. The number of carbonyl (C=O) groups excluding carboxylic acids is 2. The molecular weight excluding hydrogens is 470 g/mol. The van der Waals surface area contributed by atoms with E-state index in [-0.39, 0.29) is 23.3 Å². The molecule has 0 saturated carbocycles. The summed E-state index contributed by atoms with van der Waals surface area (Å²) < 4.78 is 5.61. The van der Waals surface area contributed by atoms with Gasteiger partial charge in [0.1, 0.15) is 11.4 Å². The van der Waals surface area contributed by atoms with E-state index in [1.807, 2.05) is 38.2 Å². The first-order valence-electron chi connectivity index (χ1n) is 11.4. The maximum Gasteiger partial charge on any atom is 0.247 e. The van der Waals surface area contributed by atoms with E-state index in [9.17, 15) is 9.59 Å². The molecule has 0 aliphatic heterocycles. The van der Waals surface area contributed by atoms with Crippen LogP contribution in [-0.2, 0) is 4.79 Å². The number of nitriles is 1. The maximum absolute atomic E-state index is 12.9. The number of anilines is 4. The number of nitrogens with one attached hydrogen (secondary N) is 2. The molecule has 37 heavy (non-hydrogen) atoms. The summed E-state index contributed by atoms with van der Waals surface area (Å²) in [5.41, 5.74) is 2.84. The summed E-state index contributed by atoms with van der Waals surface area (Å²) in [6, 6.07) is 13.4. The quantitative estimate of drug-likeness (QED) is 0.301. The third-order valence-corrected chi connectivity index (χ3v) is 5.47. The van der Waals surface area contributed by atoms with Crippen molar-refractivity contribution in [3.63, 3.8) is 0 Å². The Morgan fingerprint density at radius 1 is 1.11 bits per heavy atom. The Kier molecular flexibility index (Phi) is 8.91. The number of amides is 1. The van der Waals surface area contributed by atoms with Crippen LogP contribution in [-0.4, -0.2) is 67.9 Å². The van der Waals surface area contributed by atoms with Gasteiger partial charge in [0.25, 0.3) is 0 Å². The summed E-state index contributed by atoms with van der Waals surface area (Å²) in [5.74, 6) is 0.00609. The number of benzene rings is 2. The van der Waals surface area contributed by atoms with Crippen molar-refractivity contribution in [1.29, 1.82) is 5.26 Å². The monoisotopic (exact) mass is 499 g/mol. The van der Waals surface area contributed by atoms with Crippen LogP contribution in [0, 0.1) is 11.3 Å². The number of carbonyl (C=O) groups is 2. The lowest BCUT2D eigenvalue weighted by Crippen LogP contribution is -2.29. The number of ketones is 1. The zero-order valence-electron chi connectivity index (χ0n) is 21.3. The smallest absolute Gasteiger partial charge is 0.247 e. The van der Waals surface area contributed by atoms with E-state index in [2.05, 4.69) is 32.1 Å². The van der Waals surface area contributed by atoms with Crippen LogP contribution in [0.5, 0.6) is 5.75 Å². The Bertz CT molecular complexity index is 1330. The number of nitrogens with zero attached hydrogens (tertiary/aromatic N) is 5. The molecule has 1 amide bonds. The topological polar surface area (TPSA) is 123 Å². The first-order chi connectivity index (χ1) is 17.7. The third-order valence-electron chi connectivity index (χ3n) is 5.47. The minimum absolute atomic E-state index is 0.174. The van der Waals surface area contributed by atoms with Crippen LogP contribution in [0.15, 0.2) is 61.3 Å². The van der Waals surface area contributed by atoms with Crippen molar-refractivity contribution in [2.45, 2.75) is 0 Å². The van der Waals surface area contributed by atoms with Crippen LogP contribution in [0.4, 0.5) is 23.0 Å². The highest BCUT2D eigenvalue weighted by molar-refractivity contribution is 6.08. The van der Waals surface area contributed by atoms with Gasteiger partial charge in [0.15, 0.2) is 0 Å². The predicted molar refractivity (Wildman–Crippen MR) is 144 cm³/mol. The minimum Gasteiger partial charge on any atom is -0.494 e. The second-order valence-corrected chi connectivity index (χ2v) is 8.40. The van der Waals surface area contributed by atoms with Crippen LogP contribution < -0.4 is 20.3 Å². The van der Waals surface area contributed by atoms with Crippen molar-refractivity contribution in [3.8, 4) is 11.8 Å². The summed E-state index contributed by atoms with van der Waals surface area (Å²) in [4.78, 5) is 37.7. The van der Waals surface area contributed by atoms with E-state index in [4.69, 9.17) is 10.00 Å². The first-order valence-corrected chi connectivity index (χ1v) is 11.4. The summed E-state index contributed by atoms with van der Waals surface area (Å²) in [5, 5.41) is 14.9. The van der Waals surface area contributed by atoms with E-state index < -0.39 is 0 Å². The summed E-state index contributed by atoms with van der Waals surface area (Å²) in [7, 11) is 7.44. The average molecular weight is 500 g/mol. The van der Waals surface area contributed by atoms with Crippen LogP contribution in [0.2, 0.25) is 0 Å². The van der Waals surface area contributed by atoms with Crippen LogP contribution >= 0.6 is 0 Å². The largest absolute Gasteiger partial charge is 0.494 e. The summed E-state index contributed by atoms with van der Waals surface area (Å²) in [6.07, 6.45) is 2.67. The first kappa shape index (κ1) is 26.8. The molecule has 1 aromatic heterocycles. The van der Waals surface area contributed by atoms with Crippen LogP contribution in [0.1, 0.15) is 21.6 Å². The molecule has 0 spiro atoms. The molecule has 0 unspecified atom stereocenters. The average Bonchev–Trinajstić information content (AvgIpc) is 2.91. The van der Waals surface area contributed by atoms with E-state index in [1.54, 1.807) is 30.3 Å². The van der Waals surface area contributed by atoms with Crippen molar-refractivity contribution in [2.24, 2.45) is 0 Å². The molecule has 2 aromatic carbocycles. The van der Waals surface area contributed by atoms with E-state index in [0.29, 0.717) is 34.8 Å². The Morgan fingerprint density at radius 2 is 1.84 bits per heavy atom. The Morgan fingerprint density at radius 3 is 2.46 bits per heavy atom. The number of hydrogen-bond donors (Lipinski definition) is 2. The molecule has 0 aliphatic rings. The number of ether oxygens (including phenoxy) is 1. The lowest BCUT2D eigenvalue weighted by atomic mass is 10.1. The molecule has 190 valence electrons. The van der Waals surface area contributed by atoms with Gasteiger partial charge in [-0.05, 0) is 56.6 Å². The highest BCUT2D eigenvalue weighted by atomic mass is 16.5. The van der Waals surface area contributed by atoms with Gasteiger partial charge in [-0.2, -0.15) is 5.26 Å². The van der Waals surface area contributed by atoms with Gasteiger partial charge in [-0.25, -0.2) is 9.97 Å². The molecule has 3 aromatic rings. The fourth-order valence-corrected chi connectivity index (χ4v) is 3.42. The molecule has 2 N–H and O–H groups in total. The van der Waals surface area contributed by atoms with E-state index in [0.717, 1.165) is 12.2 Å². The SMILES string of the molecule is C=CC(=O)Nc1cc(Nc2nccc(C(=O)c3ccc(C#N)cc3)n2)c(OC)cc1N(C)CCN(C)C. The molecular formula is C27H29N7O3. The van der Waals surface area contributed by atoms with Gasteiger partial charge in [0.2, 0.25) is 17.6 Å². The minimum atomic E-state index is -0.357. The molecule has 0 bridgehead atoms. The van der Waals surface area contributed by atoms with Gasteiger partial charge in [0, 0.05) is 38.0 Å². The van der Waals surface area contributed by atoms with E-state index in [1.165, 1.54) is 25.4 Å². The number of hydrogen-bond acceptors (Lipinski definition) is 9. The molecule has 0 fully saturated rings. The lowest BCUT2D eigenvalue weighted by molar-refractivity contribution is -0.111. The van der Waals surface area contributed by atoms with Crippen molar-refractivity contribution in [2.75, 3.05) is 56.9 Å². The number of aromatic nitrogens is 2. The van der Waals surface area contributed by atoms with Crippen molar-refractivity contribution >= 4 is 34.7 Å². The Labute approximate surface area is 216 Å². The van der Waals surface area contributed by atoms with Gasteiger partial charge in [-0.3, -0.25) is 9.59 Å². The molecule has 10 heteroatoms. The van der Waals surface area contributed by atoms with Gasteiger partial charge < -0.3 is 25.2 Å². The number of likely N-dealkylation sites (N-methyl/N-ethyl adjacent to an activating group) is 2. The Hall–Kier alpha value is -4.75. The lowest BCUT2D eigenvalue weighted by Gasteiger charge is -2.26. The molecule has 0 atom stereocenters. The van der Waals surface area contributed by atoms with Crippen LogP contribution in [0.25, 0.3) is 0 Å². The predicted octanol–water partition coefficient (Wildman–Crippen LogP) is 3.45. The zero-order chi connectivity index (χ0) is 26.9. The molecule has 10 nitrogen and oxygen atoms in total. The molecule has 0 saturated heterocycles. The zero-order valence-corrected chi connectivity index (χ0v) is 21.3. The standard InChI is InChI=1S/C27H29N7O3/c1-6-25(35)30-21-15-22(24(37-5)16-23(21)34(4)14-13-33(2)3)32-27-29-12-11-20(31-27)26(36)19-9-7-18(17-28)8-10-19/h6-12,15-16H,1,13-14H2,2-5H3,(H,30,35)(H,29,31,32). The maximum atomic E-state index is 12.9. The number of rotatable bonds is 11. The van der Waals surface area contributed by atoms with Crippen molar-refractivity contribution in [3.05, 3.63) is 78.1 Å². The Balaban J connectivity index is 1.94. The fraction of sp³-hybridized carbons (Fsp3) is 0.222. The fourth-order valence-electron chi connectivity index (χ4n) is 3.42. The molecule has 0 radical (unpaired) electrons. The summed E-state index contributed by atoms with van der Waals surface area (Å²) >= 11 is 0. The second kappa shape index (κ2) is 12.3. The highest BCUT2D eigenvalue weighted by Gasteiger charge is 2.17. The van der Waals surface area contributed by atoms with Crippen molar-refractivity contribution in [1.82, 2.24) is 14.9 Å². The molecule has 1 heterocycles.